The largest absolute Gasteiger partial charge is 0.466 e. The molecule has 0 bridgehead atoms. The Hall–Kier alpha value is -2.39. The van der Waals surface area contributed by atoms with Crippen LogP contribution in [-0.2, 0) is 23.8 Å². The highest BCUT2D eigenvalue weighted by molar-refractivity contribution is 5.86. The molecule has 0 saturated carbocycles. The molecule has 0 spiro atoms. The molecular weight excluding hydrogens is 262 g/mol. The Labute approximate surface area is 118 Å². The lowest BCUT2D eigenvalue weighted by Gasteiger charge is -1.99. The Balaban J connectivity index is 0. The summed E-state index contributed by atoms with van der Waals surface area (Å²) in [6, 6.07) is 1.69. The predicted molar refractivity (Wildman–Crippen MR) is 73.5 cm³/mol. The maximum absolute atomic E-state index is 10.7. The lowest BCUT2D eigenvalue weighted by Crippen LogP contribution is -2.09. The summed E-state index contributed by atoms with van der Waals surface area (Å²) in [6.07, 6.45) is 2.43. The van der Waals surface area contributed by atoms with E-state index in [4.69, 9.17) is 14.7 Å². The van der Waals surface area contributed by atoms with Crippen molar-refractivity contribution in [3.63, 3.8) is 0 Å². The van der Waals surface area contributed by atoms with Crippen LogP contribution in [0.15, 0.2) is 37.5 Å². The minimum atomic E-state index is -0.394. The number of methoxy groups -OCH3 is 1. The molecule has 1 heterocycles. The number of allylic oxidation sites excluding steroid dienone is 1. The number of esters is 2. The summed E-state index contributed by atoms with van der Waals surface area (Å²) in [5.74, 6) is -0.731. The van der Waals surface area contributed by atoms with Gasteiger partial charge in [0.05, 0.1) is 19.8 Å². The van der Waals surface area contributed by atoms with Crippen LogP contribution >= 0.6 is 0 Å². The number of epoxide rings is 1. The fourth-order valence-corrected chi connectivity index (χ4v) is 0.539. The molecule has 0 N–H and O–H groups in total. The van der Waals surface area contributed by atoms with E-state index in [0.29, 0.717) is 18.8 Å². The van der Waals surface area contributed by atoms with Crippen LogP contribution in [0.1, 0.15) is 6.92 Å². The third-order valence-electron chi connectivity index (χ3n) is 1.61. The van der Waals surface area contributed by atoms with Crippen molar-refractivity contribution in [1.29, 1.82) is 5.26 Å². The van der Waals surface area contributed by atoms with Gasteiger partial charge in [-0.15, -0.1) is 0 Å². The Morgan fingerprint density at radius 1 is 1.50 bits per heavy atom. The zero-order chi connectivity index (χ0) is 16.0. The van der Waals surface area contributed by atoms with Gasteiger partial charge in [-0.1, -0.05) is 19.7 Å². The minimum absolute atomic E-state index is 0.142. The molecule has 1 aliphatic rings. The summed E-state index contributed by atoms with van der Waals surface area (Å²) < 4.78 is 13.7. The van der Waals surface area contributed by atoms with E-state index < -0.39 is 5.97 Å². The third kappa shape index (κ3) is 15.6. The van der Waals surface area contributed by atoms with E-state index >= 15 is 0 Å². The van der Waals surface area contributed by atoms with Crippen LogP contribution in [-0.4, -0.2) is 38.4 Å². The van der Waals surface area contributed by atoms with Gasteiger partial charge in [0.25, 0.3) is 0 Å². The molecule has 110 valence electrons. The number of hydrogen-bond donors (Lipinski definition) is 0. The molecule has 1 saturated heterocycles. The van der Waals surface area contributed by atoms with Gasteiger partial charge in [-0.2, -0.15) is 5.26 Å². The van der Waals surface area contributed by atoms with Crippen molar-refractivity contribution >= 4 is 11.9 Å². The quantitative estimate of drug-likeness (QED) is 0.336. The van der Waals surface area contributed by atoms with Crippen molar-refractivity contribution in [1.82, 2.24) is 0 Å². The highest BCUT2D eigenvalue weighted by Gasteiger charge is 2.24. The van der Waals surface area contributed by atoms with Gasteiger partial charge in [0.2, 0.25) is 0 Å². The van der Waals surface area contributed by atoms with Crippen molar-refractivity contribution in [2.24, 2.45) is 0 Å². The molecule has 0 radical (unpaired) electrons. The molecule has 1 rings (SSSR count). The van der Waals surface area contributed by atoms with Crippen LogP contribution in [0.3, 0.4) is 0 Å². The molecule has 1 atom stereocenters. The third-order valence-corrected chi connectivity index (χ3v) is 1.61. The molecule has 0 aromatic heterocycles. The first-order chi connectivity index (χ1) is 9.42. The molecule has 0 aromatic rings. The summed E-state index contributed by atoms with van der Waals surface area (Å²) in [5, 5.41) is 7.51. The molecule has 6 heteroatoms. The number of rotatable bonds is 4. The topological polar surface area (TPSA) is 88.9 Å². The second kappa shape index (κ2) is 13.1. The monoisotopic (exact) mass is 281 g/mol. The van der Waals surface area contributed by atoms with Crippen molar-refractivity contribution in [2.45, 2.75) is 13.0 Å². The van der Waals surface area contributed by atoms with Gasteiger partial charge in [0, 0.05) is 17.7 Å². The zero-order valence-electron chi connectivity index (χ0n) is 11.8. The average molecular weight is 281 g/mol. The average Bonchev–Trinajstić information content (AvgIpc) is 3.28. The first-order valence-electron chi connectivity index (χ1n) is 5.58. The van der Waals surface area contributed by atoms with Crippen LogP contribution in [0.5, 0.6) is 0 Å². The molecule has 1 aliphatic heterocycles. The highest BCUT2D eigenvalue weighted by Crippen LogP contribution is 2.09. The number of nitriles is 1. The number of carbonyl (C=O) groups is 2. The lowest BCUT2D eigenvalue weighted by atomic mass is 10.4. The molecule has 6 nitrogen and oxygen atoms in total. The summed E-state index contributed by atoms with van der Waals surface area (Å²) in [5.41, 5.74) is 0.431. The lowest BCUT2D eigenvalue weighted by molar-refractivity contribution is -0.139. The van der Waals surface area contributed by atoms with Crippen LogP contribution in [0.2, 0.25) is 0 Å². The summed E-state index contributed by atoms with van der Waals surface area (Å²) in [6.45, 7) is 12.4. The number of ether oxygens (including phenoxy) is 3. The smallest absolute Gasteiger partial charge is 0.333 e. The van der Waals surface area contributed by atoms with Crippen LogP contribution < -0.4 is 0 Å². The molecule has 0 aromatic carbocycles. The Morgan fingerprint density at radius 2 is 2.00 bits per heavy atom. The molecule has 1 unspecified atom stereocenters. The Bertz CT molecular complexity index is 391. The van der Waals surface area contributed by atoms with E-state index in [0.717, 1.165) is 6.08 Å². The molecule has 0 aliphatic carbocycles. The first kappa shape index (κ1) is 19.9. The van der Waals surface area contributed by atoms with Crippen LogP contribution in [0, 0.1) is 11.3 Å². The summed E-state index contributed by atoms with van der Waals surface area (Å²) in [4.78, 5) is 20.5. The Kier molecular flexibility index (Phi) is 13.0. The zero-order valence-corrected chi connectivity index (χ0v) is 11.8. The van der Waals surface area contributed by atoms with Gasteiger partial charge in [0.1, 0.15) is 12.7 Å². The van der Waals surface area contributed by atoms with Crippen molar-refractivity contribution < 1.29 is 23.8 Å². The van der Waals surface area contributed by atoms with Gasteiger partial charge in [0.15, 0.2) is 0 Å². The number of carbonyl (C=O) groups excluding carboxylic acids is 2. The van der Waals surface area contributed by atoms with Gasteiger partial charge in [-0.25, -0.2) is 9.59 Å². The molecule has 20 heavy (non-hydrogen) atoms. The van der Waals surface area contributed by atoms with Gasteiger partial charge < -0.3 is 14.2 Å². The van der Waals surface area contributed by atoms with E-state index in [1.807, 2.05) is 0 Å². The van der Waals surface area contributed by atoms with Crippen molar-refractivity contribution in [2.75, 3.05) is 20.3 Å². The summed E-state index contributed by atoms with van der Waals surface area (Å²) in [7, 11) is 1.31. The predicted octanol–water partition coefficient (Wildman–Crippen LogP) is 1.55. The molecular formula is C14H19NO5. The SMILES string of the molecule is C=C(C)C(=O)OCC1CO1.C=CC#N.C=CC(=O)OC. The highest BCUT2D eigenvalue weighted by atomic mass is 16.6. The minimum Gasteiger partial charge on any atom is -0.466 e. The standard InChI is InChI=1S/C7H10O3.C4H6O2.C3H3N/c1-5(2)7(8)10-4-6-3-9-6;1-3-4(5)6-2;1-2-3-4/h6H,1,3-4H2,2H3;3H,1H2,2H3;2H,1H2. The van der Waals surface area contributed by atoms with E-state index in [1.54, 1.807) is 13.0 Å². The van der Waals surface area contributed by atoms with Gasteiger partial charge in [-0.3, -0.25) is 0 Å². The maximum atomic E-state index is 10.7. The fourth-order valence-electron chi connectivity index (χ4n) is 0.539. The maximum Gasteiger partial charge on any atom is 0.333 e. The molecule has 0 amide bonds. The van der Waals surface area contributed by atoms with E-state index in [2.05, 4.69) is 24.5 Å². The molecule has 1 fully saturated rings. The van der Waals surface area contributed by atoms with E-state index in [1.165, 1.54) is 13.2 Å². The number of nitrogens with zero attached hydrogens (tertiary/aromatic N) is 1. The van der Waals surface area contributed by atoms with Gasteiger partial charge in [-0.05, 0) is 6.92 Å². The van der Waals surface area contributed by atoms with Crippen molar-refractivity contribution in [3.8, 4) is 6.07 Å². The van der Waals surface area contributed by atoms with E-state index in [-0.39, 0.29) is 12.1 Å². The van der Waals surface area contributed by atoms with Crippen LogP contribution in [0.25, 0.3) is 0 Å². The normalized spacial score (nSPS) is 13.8. The summed E-state index contributed by atoms with van der Waals surface area (Å²) >= 11 is 0. The Morgan fingerprint density at radius 3 is 2.20 bits per heavy atom. The van der Waals surface area contributed by atoms with Crippen LogP contribution in [0.4, 0.5) is 0 Å². The first-order valence-corrected chi connectivity index (χ1v) is 5.58. The van der Waals surface area contributed by atoms with E-state index in [9.17, 15) is 9.59 Å². The second-order valence-electron chi connectivity index (χ2n) is 3.39. The number of hydrogen-bond acceptors (Lipinski definition) is 6. The second-order valence-corrected chi connectivity index (χ2v) is 3.39. The fraction of sp³-hybridized carbons (Fsp3) is 0.357. The van der Waals surface area contributed by atoms with Crippen molar-refractivity contribution in [3.05, 3.63) is 37.5 Å². The van der Waals surface area contributed by atoms with Gasteiger partial charge >= 0.3 is 11.9 Å².